The van der Waals surface area contributed by atoms with Crippen LogP contribution in [0, 0.1) is 0 Å². The minimum atomic E-state index is -0.349. The summed E-state index contributed by atoms with van der Waals surface area (Å²) in [6.45, 7) is 7.38. The quantitative estimate of drug-likeness (QED) is 0.637. The lowest BCUT2D eigenvalue weighted by atomic mass is 10.2. The maximum Gasteiger partial charge on any atom is 0.297 e. The Morgan fingerprint density at radius 3 is 2.79 bits per heavy atom. The molecule has 154 valence electrons. The number of ether oxygens (including phenoxy) is 1. The number of fused-ring (bicyclic) bond motifs is 3. The van der Waals surface area contributed by atoms with E-state index >= 15 is 0 Å². The van der Waals surface area contributed by atoms with Gasteiger partial charge < -0.3 is 14.5 Å². The van der Waals surface area contributed by atoms with Crippen molar-refractivity contribution in [3.05, 3.63) is 40.9 Å². The van der Waals surface area contributed by atoms with Gasteiger partial charge in [0.2, 0.25) is 11.5 Å². The number of aromatic nitrogens is 2. The van der Waals surface area contributed by atoms with E-state index in [1.807, 2.05) is 18.2 Å². The average Bonchev–Trinajstić information content (AvgIpc) is 3.06. The van der Waals surface area contributed by atoms with Crippen molar-refractivity contribution in [2.75, 3.05) is 26.2 Å². The predicted molar refractivity (Wildman–Crippen MR) is 110 cm³/mol. The lowest BCUT2D eigenvalue weighted by molar-refractivity contribution is -0.121. The number of carbonyl (C=O) groups is 1. The number of furan rings is 1. The summed E-state index contributed by atoms with van der Waals surface area (Å²) >= 11 is 0. The van der Waals surface area contributed by atoms with Crippen LogP contribution in [0.25, 0.3) is 22.1 Å². The first-order valence-electron chi connectivity index (χ1n) is 10.0. The van der Waals surface area contributed by atoms with Crippen molar-refractivity contribution in [2.45, 2.75) is 39.0 Å². The third kappa shape index (κ3) is 4.33. The van der Waals surface area contributed by atoms with Crippen LogP contribution in [0.4, 0.5) is 0 Å². The molecule has 0 spiro atoms. The third-order valence-corrected chi connectivity index (χ3v) is 5.13. The summed E-state index contributed by atoms with van der Waals surface area (Å²) in [4.78, 5) is 31.6. The Morgan fingerprint density at radius 1 is 1.24 bits per heavy atom. The second-order valence-corrected chi connectivity index (χ2v) is 7.67. The largest absolute Gasteiger partial charge is 0.448 e. The Kier molecular flexibility index (Phi) is 5.64. The summed E-state index contributed by atoms with van der Waals surface area (Å²) in [6.07, 6.45) is 2.73. The number of hydrogen-bond donors (Lipinski definition) is 1. The maximum atomic E-state index is 12.7. The number of para-hydroxylation sites is 1. The summed E-state index contributed by atoms with van der Waals surface area (Å²) in [5.41, 5.74) is 0.965. The summed E-state index contributed by atoms with van der Waals surface area (Å²) in [5.74, 6) is -0.215. The normalized spacial score (nSPS) is 20.3. The van der Waals surface area contributed by atoms with Crippen molar-refractivity contribution in [3.63, 3.8) is 0 Å². The van der Waals surface area contributed by atoms with Crippen LogP contribution >= 0.6 is 0 Å². The Labute approximate surface area is 168 Å². The number of benzene rings is 1. The molecular weight excluding hydrogens is 372 g/mol. The standard InChI is InChI=1S/C21H26N4O4/c1-14-10-24(11-15(2)28-14)9-5-8-22-18(26)12-25-13-23-19-16-6-3-4-7-17(16)29-20(19)21(25)27/h3-4,6-7,13-15H,5,8-12H2,1-2H3,(H,22,26). The molecule has 29 heavy (non-hydrogen) atoms. The van der Waals surface area contributed by atoms with Crippen molar-refractivity contribution in [2.24, 2.45) is 0 Å². The molecule has 1 N–H and O–H groups in total. The molecule has 0 radical (unpaired) electrons. The minimum absolute atomic E-state index is 0.0789. The van der Waals surface area contributed by atoms with Crippen LogP contribution < -0.4 is 10.9 Å². The number of morpholine rings is 1. The van der Waals surface area contributed by atoms with Gasteiger partial charge in [-0.3, -0.25) is 19.1 Å². The van der Waals surface area contributed by atoms with Gasteiger partial charge in [0.1, 0.15) is 17.6 Å². The molecule has 2 atom stereocenters. The summed E-state index contributed by atoms with van der Waals surface area (Å²) in [7, 11) is 0. The molecule has 1 fully saturated rings. The first kappa shape index (κ1) is 19.6. The van der Waals surface area contributed by atoms with Crippen LogP contribution in [0.15, 0.2) is 39.8 Å². The van der Waals surface area contributed by atoms with Crippen LogP contribution in [0.1, 0.15) is 20.3 Å². The van der Waals surface area contributed by atoms with E-state index in [0.717, 1.165) is 31.4 Å². The van der Waals surface area contributed by atoms with Gasteiger partial charge in [-0.15, -0.1) is 0 Å². The molecule has 4 rings (SSSR count). The molecule has 0 aliphatic carbocycles. The highest BCUT2D eigenvalue weighted by Gasteiger charge is 2.21. The minimum Gasteiger partial charge on any atom is -0.448 e. The smallest absolute Gasteiger partial charge is 0.297 e. The van der Waals surface area contributed by atoms with Crippen LogP contribution in [-0.2, 0) is 16.1 Å². The van der Waals surface area contributed by atoms with E-state index in [1.165, 1.54) is 10.9 Å². The summed E-state index contributed by atoms with van der Waals surface area (Å²) < 4.78 is 12.7. The Hall–Kier alpha value is -2.71. The molecule has 2 unspecified atom stereocenters. The van der Waals surface area contributed by atoms with Gasteiger partial charge in [-0.2, -0.15) is 0 Å². The molecule has 0 saturated carbocycles. The number of carbonyl (C=O) groups excluding carboxylic acids is 1. The van der Waals surface area contributed by atoms with E-state index in [0.29, 0.717) is 17.6 Å². The Morgan fingerprint density at radius 2 is 2.00 bits per heavy atom. The van der Waals surface area contributed by atoms with Gasteiger partial charge in [-0.1, -0.05) is 12.1 Å². The molecule has 2 aromatic heterocycles. The zero-order chi connectivity index (χ0) is 20.4. The van der Waals surface area contributed by atoms with E-state index in [1.54, 1.807) is 6.07 Å². The van der Waals surface area contributed by atoms with Crippen molar-refractivity contribution in [1.82, 2.24) is 19.8 Å². The van der Waals surface area contributed by atoms with E-state index < -0.39 is 0 Å². The number of rotatable bonds is 6. The summed E-state index contributed by atoms with van der Waals surface area (Å²) in [5, 5.41) is 3.67. The SMILES string of the molecule is CC1CN(CCCNC(=O)Cn2cnc3c(oc4ccccc43)c2=O)CC(C)O1. The van der Waals surface area contributed by atoms with E-state index in [4.69, 9.17) is 9.15 Å². The molecule has 1 aliphatic rings. The third-order valence-electron chi connectivity index (χ3n) is 5.13. The molecule has 1 aromatic carbocycles. The first-order valence-corrected chi connectivity index (χ1v) is 10.0. The van der Waals surface area contributed by atoms with Crippen LogP contribution in [-0.4, -0.2) is 58.7 Å². The predicted octanol–water partition coefficient (Wildman–Crippen LogP) is 1.76. The molecule has 1 aliphatic heterocycles. The highest BCUT2D eigenvalue weighted by molar-refractivity contribution is 6.01. The lowest BCUT2D eigenvalue weighted by Gasteiger charge is -2.35. The van der Waals surface area contributed by atoms with Gasteiger partial charge >= 0.3 is 0 Å². The number of hydrogen-bond acceptors (Lipinski definition) is 6. The molecule has 3 heterocycles. The maximum absolute atomic E-state index is 12.7. The monoisotopic (exact) mass is 398 g/mol. The zero-order valence-electron chi connectivity index (χ0n) is 16.8. The number of nitrogens with zero attached hydrogens (tertiary/aromatic N) is 3. The molecule has 3 aromatic rings. The van der Waals surface area contributed by atoms with Gasteiger partial charge in [0.05, 0.1) is 18.5 Å². The number of amides is 1. The molecule has 8 nitrogen and oxygen atoms in total. The highest BCUT2D eigenvalue weighted by Crippen LogP contribution is 2.23. The van der Waals surface area contributed by atoms with Crippen molar-refractivity contribution >= 4 is 28.0 Å². The van der Waals surface area contributed by atoms with Gasteiger partial charge in [-0.05, 0) is 32.4 Å². The average molecular weight is 398 g/mol. The van der Waals surface area contributed by atoms with Gasteiger partial charge in [0.25, 0.3) is 5.56 Å². The first-order chi connectivity index (χ1) is 14.0. The molecule has 1 saturated heterocycles. The van der Waals surface area contributed by atoms with Crippen LogP contribution in [0.3, 0.4) is 0 Å². The van der Waals surface area contributed by atoms with Crippen LogP contribution in [0.2, 0.25) is 0 Å². The van der Waals surface area contributed by atoms with Crippen molar-refractivity contribution < 1.29 is 13.9 Å². The van der Waals surface area contributed by atoms with Crippen LogP contribution in [0.5, 0.6) is 0 Å². The highest BCUT2D eigenvalue weighted by atomic mass is 16.5. The van der Waals surface area contributed by atoms with E-state index in [-0.39, 0.29) is 35.8 Å². The fourth-order valence-electron chi connectivity index (χ4n) is 3.94. The second-order valence-electron chi connectivity index (χ2n) is 7.67. The molecular formula is C21H26N4O4. The Balaban J connectivity index is 1.33. The zero-order valence-corrected chi connectivity index (χ0v) is 16.8. The van der Waals surface area contributed by atoms with Crippen molar-refractivity contribution in [3.8, 4) is 0 Å². The lowest BCUT2D eigenvalue weighted by Crippen LogP contribution is -2.46. The fraction of sp³-hybridized carbons (Fsp3) is 0.476. The second kappa shape index (κ2) is 8.34. The van der Waals surface area contributed by atoms with Gasteiger partial charge in [0.15, 0.2) is 0 Å². The molecule has 0 bridgehead atoms. The molecule has 8 heteroatoms. The molecule has 1 amide bonds. The van der Waals surface area contributed by atoms with Gasteiger partial charge in [0, 0.05) is 31.6 Å². The van der Waals surface area contributed by atoms with Crippen molar-refractivity contribution in [1.29, 1.82) is 0 Å². The Bertz CT molecular complexity index is 1060. The van der Waals surface area contributed by atoms with E-state index in [2.05, 4.69) is 29.0 Å². The van der Waals surface area contributed by atoms with Gasteiger partial charge in [-0.25, -0.2) is 4.98 Å². The fourth-order valence-corrected chi connectivity index (χ4v) is 3.94. The van der Waals surface area contributed by atoms with E-state index in [9.17, 15) is 9.59 Å². The number of nitrogens with one attached hydrogen (secondary N) is 1. The topological polar surface area (TPSA) is 89.6 Å². The summed E-state index contributed by atoms with van der Waals surface area (Å²) in [6, 6.07) is 7.37.